The van der Waals surface area contributed by atoms with Crippen molar-refractivity contribution in [2.24, 2.45) is 4.99 Å². The first-order valence-corrected chi connectivity index (χ1v) is 10.0. The smallest absolute Gasteiger partial charge is 0.338 e. The fourth-order valence-corrected chi connectivity index (χ4v) is 4.54. The maximum atomic E-state index is 13.0. The summed E-state index contributed by atoms with van der Waals surface area (Å²) in [5.74, 6) is 0.581. The molecule has 3 rings (SSSR count). The van der Waals surface area contributed by atoms with Crippen LogP contribution in [0.5, 0.6) is 11.5 Å². The monoisotopic (exact) mass is 404 g/mol. The van der Waals surface area contributed by atoms with E-state index >= 15 is 0 Å². The number of allylic oxidation sites excluding steroid dienone is 1. The highest BCUT2D eigenvalue weighted by atomic mass is 32.2. The molecule has 1 amide bonds. The number of benzene rings is 1. The molecule has 28 heavy (non-hydrogen) atoms. The van der Waals surface area contributed by atoms with Gasteiger partial charge in [0.1, 0.15) is 0 Å². The third-order valence-electron chi connectivity index (χ3n) is 4.73. The van der Waals surface area contributed by atoms with Gasteiger partial charge in [0.15, 0.2) is 16.7 Å². The number of thioether (sulfide) groups is 1. The summed E-state index contributed by atoms with van der Waals surface area (Å²) >= 11 is 1.43. The number of esters is 1. The van der Waals surface area contributed by atoms with E-state index in [1.54, 1.807) is 31.1 Å². The minimum atomic E-state index is -0.624. The molecule has 0 aromatic heterocycles. The molecule has 0 radical (unpaired) electrons. The van der Waals surface area contributed by atoms with Gasteiger partial charge in [-0.2, -0.15) is 0 Å². The number of amides is 1. The normalized spacial score (nSPS) is 21.4. The van der Waals surface area contributed by atoms with Crippen LogP contribution in [0, 0.1) is 0 Å². The average Bonchev–Trinajstić information content (AvgIpc) is 3.02. The molecule has 1 aromatic rings. The van der Waals surface area contributed by atoms with Crippen LogP contribution in [0.2, 0.25) is 0 Å². The van der Waals surface area contributed by atoms with E-state index < -0.39 is 12.0 Å². The summed E-state index contributed by atoms with van der Waals surface area (Å²) in [7, 11) is 2.88. The molecule has 1 saturated heterocycles. The van der Waals surface area contributed by atoms with E-state index in [0.717, 1.165) is 5.56 Å². The van der Waals surface area contributed by atoms with Crippen LogP contribution < -0.4 is 9.47 Å². The van der Waals surface area contributed by atoms with Gasteiger partial charge in [-0.25, -0.2) is 9.79 Å². The van der Waals surface area contributed by atoms with E-state index in [1.807, 2.05) is 19.9 Å². The molecular weight excluding hydrogens is 380 g/mol. The predicted molar refractivity (Wildman–Crippen MR) is 108 cm³/mol. The first-order chi connectivity index (χ1) is 13.5. The van der Waals surface area contributed by atoms with Crippen LogP contribution >= 0.6 is 11.8 Å². The van der Waals surface area contributed by atoms with E-state index in [4.69, 9.17) is 14.2 Å². The van der Waals surface area contributed by atoms with E-state index in [1.165, 1.54) is 18.9 Å². The Morgan fingerprint density at radius 1 is 1.25 bits per heavy atom. The van der Waals surface area contributed by atoms with Gasteiger partial charge < -0.3 is 14.2 Å². The highest BCUT2D eigenvalue weighted by Gasteiger charge is 2.47. The number of amidine groups is 1. The van der Waals surface area contributed by atoms with Crippen LogP contribution in [-0.2, 0) is 14.3 Å². The van der Waals surface area contributed by atoms with Gasteiger partial charge in [0.05, 0.1) is 43.4 Å². The van der Waals surface area contributed by atoms with Gasteiger partial charge in [-0.15, -0.1) is 0 Å². The molecule has 1 aromatic carbocycles. The zero-order valence-electron chi connectivity index (χ0n) is 16.6. The van der Waals surface area contributed by atoms with E-state index in [2.05, 4.69) is 4.99 Å². The number of carbonyl (C=O) groups excluding carboxylic acids is 2. The molecule has 2 aliphatic heterocycles. The molecule has 0 N–H and O–H groups in total. The average molecular weight is 404 g/mol. The molecule has 0 unspecified atom stereocenters. The summed E-state index contributed by atoms with van der Waals surface area (Å²) < 4.78 is 16.1. The number of rotatable bonds is 6. The van der Waals surface area contributed by atoms with Crippen molar-refractivity contribution < 1.29 is 23.8 Å². The second-order valence-corrected chi connectivity index (χ2v) is 7.52. The maximum absolute atomic E-state index is 13.0. The molecule has 0 spiro atoms. The van der Waals surface area contributed by atoms with Gasteiger partial charge in [-0.3, -0.25) is 9.69 Å². The first kappa shape index (κ1) is 20.3. The fourth-order valence-electron chi connectivity index (χ4n) is 3.40. The van der Waals surface area contributed by atoms with Crippen LogP contribution in [0.1, 0.15) is 38.8 Å². The third-order valence-corrected chi connectivity index (χ3v) is 6.05. The maximum Gasteiger partial charge on any atom is 0.338 e. The summed E-state index contributed by atoms with van der Waals surface area (Å²) in [6.07, 6.45) is 0.685. The summed E-state index contributed by atoms with van der Waals surface area (Å²) in [5.41, 5.74) is 1.63. The number of carbonyl (C=O) groups is 2. The molecule has 0 aliphatic carbocycles. The Kier molecular flexibility index (Phi) is 5.98. The van der Waals surface area contributed by atoms with Crippen molar-refractivity contribution in [1.82, 2.24) is 4.90 Å². The number of methoxy groups -OCH3 is 2. The van der Waals surface area contributed by atoms with Gasteiger partial charge in [-0.1, -0.05) is 24.8 Å². The van der Waals surface area contributed by atoms with Crippen LogP contribution in [0.3, 0.4) is 0 Å². The Balaban J connectivity index is 2.15. The minimum Gasteiger partial charge on any atom is -0.493 e. The molecule has 2 aliphatic rings. The number of ether oxygens (including phenoxy) is 3. The van der Waals surface area contributed by atoms with Crippen LogP contribution in [0.15, 0.2) is 34.5 Å². The SMILES string of the molecule is CCOc1ccc([C@@H]2C(C(=O)OC)=C(C)N=C3S[C@H](CC)C(=O)N32)cc1OC. The summed E-state index contributed by atoms with van der Waals surface area (Å²) in [4.78, 5) is 31.7. The molecular formula is C20H24N2O5S. The van der Waals surface area contributed by atoms with Crippen molar-refractivity contribution in [3.05, 3.63) is 35.0 Å². The lowest BCUT2D eigenvalue weighted by Gasteiger charge is -2.33. The molecule has 150 valence electrons. The summed E-state index contributed by atoms with van der Waals surface area (Å²) in [6, 6.07) is 4.81. The van der Waals surface area contributed by atoms with E-state index in [-0.39, 0.29) is 11.2 Å². The minimum absolute atomic E-state index is 0.0574. The Labute approximate surface area is 168 Å². The highest BCUT2D eigenvalue weighted by Crippen LogP contribution is 2.45. The first-order valence-electron chi connectivity index (χ1n) is 9.14. The standard InChI is InChI=1S/C20H24N2O5S/c1-6-15-18(23)22-17(12-8-9-13(27-7-2)14(10-12)25-4)16(19(24)26-5)11(3)21-20(22)28-15/h8-10,15,17H,6-7H2,1-5H3/t15-,17-/m1/s1. The lowest BCUT2D eigenvalue weighted by molar-refractivity contribution is -0.137. The molecule has 7 nitrogen and oxygen atoms in total. The number of nitrogens with zero attached hydrogens (tertiary/aromatic N) is 2. The number of hydrogen-bond acceptors (Lipinski definition) is 7. The largest absolute Gasteiger partial charge is 0.493 e. The quantitative estimate of drug-likeness (QED) is 0.677. The molecule has 2 atom stereocenters. The van der Waals surface area contributed by atoms with Crippen molar-refractivity contribution in [3.8, 4) is 11.5 Å². The van der Waals surface area contributed by atoms with Crippen molar-refractivity contribution in [2.75, 3.05) is 20.8 Å². The van der Waals surface area contributed by atoms with Gasteiger partial charge in [-0.05, 0) is 38.0 Å². The Hall–Kier alpha value is -2.48. The zero-order chi connectivity index (χ0) is 20.4. The molecule has 2 heterocycles. The van der Waals surface area contributed by atoms with Crippen LogP contribution in [0.4, 0.5) is 0 Å². The second-order valence-electron chi connectivity index (χ2n) is 6.35. The van der Waals surface area contributed by atoms with Crippen molar-refractivity contribution in [2.45, 2.75) is 38.5 Å². The molecule has 8 heteroatoms. The number of fused-ring (bicyclic) bond motifs is 1. The predicted octanol–water partition coefficient (Wildman–Crippen LogP) is 3.31. The molecule has 1 fully saturated rings. The van der Waals surface area contributed by atoms with Gasteiger partial charge in [0.25, 0.3) is 0 Å². The topological polar surface area (TPSA) is 77.4 Å². The summed E-state index contributed by atoms with van der Waals surface area (Å²) in [6.45, 7) is 6.12. The molecule has 0 saturated carbocycles. The van der Waals surface area contributed by atoms with E-state index in [9.17, 15) is 9.59 Å². The lowest BCUT2D eigenvalue weighted by atomic mass is 9.94. The summed E-state index contributed by atoms with van der Waals surface area (Å²) in [5, 5.41) is 0.399. The van der Waals surface area contributed by atoms with Crippen LogP contribution in [0.25, 0.3) is 0 Å². The van der Waals surface area contributed by atoms with Gasteiger partial charge >= 0.3 is 5.97 Å². The van der Waals surface area contributed by atoms with Gasteiger partial charge in [0.2, 0.25) is 5.91 Å². The van der Waals surface area contributed by atoms with Crippen molar-refractivity contribution in [1.29, 1.82) is 0 Å². The highest BCUT2D eigenvalue weighted by molar-refractivity contribution is 8.15. The number of hydrogen-bond donors (Lipinski definition) is 0. The zero-order valence-corrected chi connectivity index (χ0v) is 17.5. The Bertz CT molecular complexity index is 864. The Morgan fingerprint density at radius 3 is 2.61 bits per heavy atom. The van der Waals surface area contributed by atoms with Crippen LogP contribution in [-0.4, -0.2) is 48.0 Å². The third kappa shape index (κ3) is 3.37. The molecule has 0 bridgehead atoms. The number of aliphatic imine (C=N–C) groups is 1. The second kappa shape index (κ2) is 8.26. The lowest BCUT2D eigenvalue weighted by Crippen LogP contribution is -2.40. The fraction of sp³-hybridized carbons (Fsp3) is 0.450. The van der Waals surface area contributed by atoms with Crippen molar-refractivity contribution in [3.63, 3.8) is 0 Å². The Morgan fingerprint density at radius 2 is 2.00 bits per heavy atom. The van der Waals surface area contributed by atoms with Crippen molar-refractivity contribution >= 4 is 28.8 Å². The van der Waals surface area contributed by atoms with E-state index in [0.29, 0.717) is 41.0 Å². The van der Waals surface area contributed by atoms with Gasteiger partial charge in [0, 0.05) is 0 Å².